The van der Waals surface area contributed by atoms with Crippen molar-refractivity contribution in [2.75, 3.05) is 5.75 Å². The molecule has 0 aliphatic rings. The predicted octanol–water partition coefficient (Wildman–Crippen LogP) is 3.15. The molecule has 0 unspecified atom stereocenters. The van der Waals surface area contributed by atoms with Gasteiger partial charge in [0, 0.05) is 6.20 Å². The third-order valence-corrected chi connectivity index (χ3v) is 4.82. The summed E-state index contributed by atoms with van der Waals surface area (Å²) in [5.41, 5.74) is 1.79. The molecule has 24 heavy (non-hydrogen) atoms. The van der Waals surface area contributed by atoms with E-state index >= 15 is 0 Å². The molecule has 1 heterocycles. The Balaban J connectivity index is 2.04. The molecule has 2 aromatic rings. The molecule has 2 atom stereocenters. The van der Waals surface area contributed by atoms with Gasteiger partial charge in [0.05, 0.1) is 16.8 Å². The SMILES string of the molecule is Cc1ccc([S@@](=O)CC(=O)N[C@@H](c2ccc(F)cc2)C(C)C)nc1. The van der Waals surface area contributed by atoms with Crippen molar-refractivity contribution in [3.63, 3.8) is 0 Å². The molecule has 0 radical (unpaired) electrons. The third kappa shape index (κ3) is 4.96. The van der Waals surface area contributed by atoms with Crippen LogP contribution in [-0.2, 0) is 15.6 Å². The molecule has 1 N–H and O–H groups in total. The Morgan fingerprint density at radius 2 is 1.88 bits per heavy atom. The summed E-state index contributed by atoms with van der Waals surface area (Å²) in [6.07, 6.45) is 1.63. The van der Waals surface area contributed by atoms with Gasteiger partial charge in [0.15, 0.2) is 0 Å². The summed E-state index contributed by atoms with van der Waals surface area (Å²) in [6, 6.07) is 9.25. The van der Waals surface area contributed by atoms with E-state index in [9.17, 15) is 13.4 Å². The van der Waals surface area contributed by atoms with E-state index in [1.165, 1.54) is 12.1 Å². The average Bonchev–Trinajstić information content (AvgIpc) is 2.54. The van der Waals surface area contributed by atoms with Gasteiger partial charge in [-0.15, -0.1) is 0 Å². The highest BCUT2D eigenvalue weighted by Gasteiger charge is 2.20. The Labute approximate surface area is 144 Å². The van der Waals surface area contributed by atoms with Gasteiger partial charge in [0.25, 0.3) is 0 Å². The van der Waals surface area contributed by atoms with Gasteiger partial charge in [0.1, 0.15) is 16.6 Å². The first-order valence-corrected chi connectivity index (χ1v) is 9.04. The van der Waals surface area contributed by atoms with E-state index in [0.29, 0.717) is 5.03 Å². The molecule has 1 amide bonds. The minimum Gasteiger partial charge on any atom is -0.348 e. The largest absolute Gasteiger partial charge is 0.348 e. The van der Waals surface area contributed by atoms with Crippen molar-refractivity contribution >= 4 is 16.7 Å². The Morgan fingerprint density at radius 1 is 1.21 bits per heavy atom. The molecule has 0 aliphatic carbocycles. The number of carbonyl (C=O) groups is 1. The smallest absolute Gasteiger partial charge is 0.233 e. The maximum atomic E-state index is 13.1. The van der Waals surface area contributed by atoms with E-state index in [1.807, 2.05) is 26.8 Å². The van der Waals surface area contributed by atoms with Crippen molar-refractivity contribution < 1.29 is 13.4 Å². The van der Waals surface area contributed by atoms with Crippen molar-refractivity contribution in [3.8, 4) is 0 Å². The summed E-state index contributed by atoms with van der Waals surface area (Å²) in [7, 11) is -1.49. The van der Waals surface area contributed by atoms with Gasteiger partial charge in [-0.1, -0.05) is 32.0 Å². The Morgan fingerprint density at radius 3 is 2.42 bits per heavy atom. The van der Waals surface area contributed by atoms with Gasteiger partial charge >= 0.3 is 0 Å². The molecule has 1 aromatic heterocycles. The fraction of sp³-hybridized carbons (Fsp3) is 0.333. The van der Waals surface area contributed by atoms with E-state index in [4.69, 9.17) is 0 Å². The minimum absolute atomic E-state index is 0.116. The highest BCUT2D eigenvalue weighted by atomic mass is 32.2. The quantitative estimate of drug-likeness (QED) is 0.872. The third-order valence-electron chi connectivity index (χ3n) is 3.59. The van der Waals surface area contributed by atoms with Gasteiger partial charge in [-0.25, -0.2) is 9.37 Å². The maximum absolute atomic E-state index is 13.1. The first-order valence-electron chi connectivity index (χ1n) is 7.72. The normalized spacial score (nSPS) is 13.5. The molecular formula is C18H21FN2O2S. The van der Waals surface area contributed by atoms with Gasteiger partial charge in [-0.3, -0.25) is 9.00 Å². The topological polar surface area (TPSA) is 59.1 Å². The van der Waals surface area contributed by atoms with Crippen molar-refractivity contribution in [1.29, 1.82) is 0 Å². The monoisotopic (exact) mass is 348 g/mol. The van der Waals surface area contributed by atoms with E-state index in [-0.39, 0.29) is 29.4 Å². The van der Waals surface area contributed by atoms with E-state index in [2.05, 4.69) is 10.3 Å². The van der Waals surface area contributed by atoms with Crippen LogP contribution in [0.25, 0.3) is 0 Å². The second-order valence-electron chi connectivity index (χ2n) is 6.00. The van der Waals surface area contributed by atoms with Crippen LogP contribution in [0.15, 0.2) is 47.6 Å². The van der Waals surface area contributed by atoms with Gasteiger partial charge in [-0.2, -0.15) is 0 Å². The first kappa shape index (κ1) is 18.3. The van der Waals surface area contributed by atoms with Crippen LogP contribution in [0.5, 0.6) is 0 Å². The lowest BCUT2D eigenvalue weighted by atomic mass is 9.96. The zero-order valence-corrected chi connectivity index (χ0v) is 14.8. The lowest BCUT2D eigenvalue weighted by molar-refractivity contribution is -0.119. The fourth-order valence-electron chi connectivity index (χ4n) is 2.30. The van der Waals surface area contributed by atoms with Gasteiger partial charge in [-0.05, 0) is 42.2 Å². The standard InChI is InChI=1S/C18H21FN2O2S/c1-12(2)18(14-5-7-15(19)8-6-14)21-16(22)11-24(23)17-9-4-13(3)10-20-17/h4-10,12,18H,11H2,1-3H3,(H,21,22)/t18-,24+/m1/s1. The minimum atomic E-state index is -1.49. The first-order chi connectivity index (χ1) is 11.4. The molecule has 0 bridgehead atoms. The van der Waals surface area contributed by atoms with Crippen molar-refractivity contribution in [2.45, 2.75) is 31.8 Å². The summed E-state index contributed by atoms with van der Waals surface area (Å²) in [5.74, 6) is -0.677. The number of rotatable bonds is 6. The van der Waals surface area contributed by atoms with Crippen LogP contribution in [0.1, 0.15) is 31.0 Å². The highest BCUT2D eigenvalue weighted by molar-refractivity contribution is 7.85. The zero-order valence-electron chi connectivity index (χ0n) is 14.0. The molecule has 4 nitrogen and oxygen atoms in total. The van der Waals surface area contributed by atoms with Crippen LogP contribution < -0.4 is 5.32 Å². The Bertz CT molecular complexity index is 715. The number of hydrogen-bond donors (Lipinski definition) is 1. The van der Waals surface area contributed by atoms with Gasteiger partial charge < -0.3 is 5.32 Å². The Hall–Kier alpha value is -2.08. The Kier molecular flexibility index (Phi) is 6.20. The summed E-state index contributed by atoms with van der Waals surface area (Å²) < 4.78 is 25.3. The number of aromatic nitrogens is 1. The molecule has 0 aliphatic heterocycles. The number of benzene rings is 1. The number of amides is 1. The number of pyridine rings is 1. The predicted molar refractivity (Wildman–Crippen MR) is 92.4 cm³/mol. The highest BCUT2D eigenvalue weighted by Crippen LogP contribution is 2.22. The second-order valence-corrected chi connectivity index (χ2v) is 7.40. The lowest BCUT2D eigenvalue weighted by Gasteiger charge is -2.23. The molecule has 128 valence electrons. The average molecular weight is 348 g/mol. The second kappa shape index (κ2) is 8.15. The van der Waals surface area contributed by atoms with Crippen LogP contribution in [0.4, 0.5) is 4.39 Å². The van der Waals surface area contributed by atoms with E-state index in [0.717, 1.165) is 11.1 Å². The molecule has 6 heteroatoms. The number of nitrogens with zero attached hydrogens (tertiary/aromatic N) is 1. The number of aryl methyl sites for hydroxylation is 1. The van der Waals surface area contributed by atoms with Crippen LogP contribution in [-0.4, -0.2) is 20.9 Å². The molecule has 0 saturated carbocycles. The molecule has 0 fully saturated rings. The fourth-order valence-corrected chi connectivity index (χ4v) is 3.16. The molecule has 1 aromatic carbocycles. The number of hydrogen-bond acceptors (Lipinski definition) is 3. The maximum Gasteiger partial charge on any atom is 0.233 e. The molecular weight excluding hydrogens is 327 g/mol. The van der Waals surface area contributed by atoms with E-state index in [1.54, 1.807) is 24.4 Å². The summed E-state index contributed by atoms with van der Waals surface area (Å²) in [4.78, 5) is 16.3. The van der Waals surface area contributed by atoms with Crippen molar-refractivity contribution in [3.05, 3.63) is 59.5 Å². The van der Waals surface area contributed by atoms with Crippen LogP contribution in [0, 0.1) is 18.7 Å². The number of halogens is 1. The number of carbonyl (C=O) groups excluding carboxylic acids is 1. The van der Waals surface area contributed by atoms with Crippen LogP contribution >= 0.6 is 0 Å². The number of nitrogens with one attached hydrogen (secondary N) is 1. The van der Waals surface area contributed by atoms with Gasteiger partial charge in [0.2, 0.25) is 5.91 Å². The zero-order chi connectivity index (χ0) is 17.7. The molecule has 0 spiro atoms. The summed E-state index contributed by atoms with van der Waals surface area (Å²) >= 11 is 0. The van der Waals surface area contributed by atoms with Crippen molar-refractivity contribution in [2.24, 2.45) is 5.92 Å². The lowest BCUT2D eigenvalue weighted by Crippen LogP contribution is -2.34. The molecule has 0 saturated heterocycles. The van der Waals surface area contributed by atoms with Crippen LogP contribution in [0.3, 0.4) is 0 Å². The van der Waals surface area contributed by atoms with E-state index < -0.39 is 10.8 Å². The molecule has 2 rings (SSSR count). The van der Waals surface area contributed by atoms with Crippen molar-refractivity contribution in [1.82, 2.24) is 10.3 Å². The summed E-state index contributed by atoms with van der Waals surface area (Å²) in [5, 5.41) is 3.27. The van der Waals surface area contributed by atoms with Crippen LogP contribution in [0.2, 0.25) is 0 Å². The summed E-state index contributed by atoms with van der Waals surface area (Å²) in [6.45, 7) is 5.82.